The number of benzene rings is 2. The first-order valence-corrected chi connectivity index (χ1v) is 9.54. The zero-order valence-corrected chi connectivity index (χ0v) is 19.2. The van der Waals surface area contributed by atoms with Gasteiger partial charge in [0.2, 0.25) is 0 Å². The van der Waals surface area contributed by atoms with Gasteiger partial charge in [-0.2, -0.15) is 5.10 Å². The van der Waals surface area contributed by atoms with Crippen molar-refractivity contribution in [3.05, 3.63) is 78.1 Å². The summed E-state index contributed by atoms with van der Waals surface area (Å²) in [6.45, 7) is 4.11. The zero-order valence-electron chi connectivity index (χ0n) is 16.8. The van der Waals surface area contributed by atoms with E-state index in [4.69, 9.17) is 4.74 Å². The minimum Gasteiger partial charge on any atom is -0.494 e. The van der Waals surface area contributed by atoms with Crippen molar-refractivity contribution in [3.63, 3.8) is 0 Å². The van der Waals surface area contributed by atoms with E-state index in [2.05, 4.69) is 51.1 Å². The molecular weight excluding hydrogens is 477 g/mol. The molecule has 0 saturated carbocycles. The van der Waals surface area contributed by atoms with Gasteiger partial charge in [0.15, 0.2) is 5.96 Å². The Morgan fingerprint density at radius 2 is 1.86 bits per heavy atom. The largest absolute Gasteiger partial charge is 0.494 e. The van der Waals surface area contributed by atoms with E-state index < -0.39 is 0 Å². The quantitative estimate of drug-likeness (QED) is 0.278. The fourth-order valence-electron chi connectivity index (χ4n) is 2.91. The Morgan fingerprint density at radius 3 is 2.55 bits per heavy atom. The molecule has 1 aromatic heterocycles. The Balaban J connectivity index is 0.00000300. The van der Waals surface area contributed by atoms with Crippen LogP contribution in [0.5, 0.6) is 5.75 Å². The van der Waals surface area contributed by atoms with Gasteiger partial charge in [-0.25, -0.2) is 4.68 Å². The van der Waals surface area contributed by atoms with E-state index >= 15 is 0 Å². The topological polar surface area (TPSA) is 63.5 Å². The number of halogens is 1. The SMILES string of the molecule is CCOc1ccccc1CNC(=NC)NCCc1ccc(-n2cccn2)cc1.I. The zero-order chi connectivity index (χ0) is 19.6. The van der Waals surface area contributed by atoms with E-state index in [9.17, 15) is 0 Å². The predicted octanol–water partition coefficient (Wildman–Crippen LogP) is 3.80. The molecule has 29 heavy (non-hydrogen) atoms. The predicted molar refractivity (Wildman–Crippen MR) is 128 cm³/mol. The minimum absolute atomic E-state index is 0. The first kappa shape index (κ1) is 22.7. The van der Waals surface area contributed by atoms with Gasteiger partial charge in [0.1, 0.15) is 5.75 Å². The lowest BCUT2D eigenvalue weighted by Crippen LogP contribution is -2.37. The van der Waals surface area contributed by atoms with E-state index in [0.29, 0.717) is 13.2 Å². The number of ether oxygens (including phenoxy) is 1. The second kappa shape index (κ2) is 12.1. The monoisotopic (exact) mass is 505 g/mol. The van der Waals surface area contributed by atoms with Gasteiger partial charge in [0.25, 0.3) is 0 Å². The summed E-state index contributed by atoms with van der Waals surface area (Å²) < 4.78 is 7.53. The third-order valence-electron chi connectivity index (χ3n) is 4.35. The first-order chi connectivity index (χ1) is 13.8. The van der Waals surface area contributed by atoms with Crippen molar-refractivity contribution >= 4 is 29.9 Å². The second-order valence-electron chi connectivity index (χ2n) is 6.26. The number of aromatic nitrogens is 2. The van der Waals surface area contributed by atoms with Crippen molar-refractivity contribution in [3.8, 4) is 11.4 Å². The van der Waals surface area contributed by atoms with Crippen molar-refractivity contribution in [2.75, 3.05) is 20.2 Å². The maximum atomic E-state index is 5.67. The average Bonchev–Trinajstić information content (AvgIpc) is 3.27. The van der Waals surface area contributed by atoms with Gasteiger partial charge in [-0.1, -0.05) is 30.3 Å². The van der Waals surface area contributed by atoms with Crippen LogP contribution in [-0.2, 0) is 13.0 Å². The molecule has 0 bridgehead atoms. The normalized spacial score (nSPS) is 10.9. The summed E-state index contributed by atoms with van der Waals surface area (Å²) in [6.07, 6.45) is 4.63. The summed E-state index contributed by atoms with van der Waals surface area (Å²) in [7, 11) is 1.78. The third-order valence-corrected chi connectivity index (χ3v) is 4.35. The molecule has 0 atom stereocenters. The summed E-state index contributed by atoms with van der Waals surface area (Å²) in [6, 6.07) is 18.4. The molecule has 2 N–H and O–H groups in total. The molecule has 0 radical (unpaired) electrons. The minimum atomic E-state index is 0. The number of rotatable bonds is 8. The van der Waals surface area contributed by atoms with Gasteiger partial charge in [0.05, 0.1) is 12.3 Å². The van der Waals surface area contributed by atoms with Crippen molar-refractivity contribution in [1.29, 1.82) is 0 Å². The summed E-state index contributed by atoms with van der Waals surface area (Å²) in [5.41, 5.74) is 3.44. The van der Waals surface area contributed by atoms with Crippen LogP contribution in [0.4, 0.5) is 0 Å². The highest BCUT2D eigenvalue weighted by atomic mass is 127. The van der Waals surface area contributed by atoms with Gasteiger partial charge in [0, 0.05) is 38.1 Å². The molecule has 2 aromatic carbocycles. The molecule has 154 valence electrons. The molecule has 0 aliphatic carbocycles. The van der Waals surface area contributed by atoms with E-state index in [0.717, 1.165) is 35.9 Å². The number of nitrogens with zero attached hydrogens (tertiary/aromatic N) is 3. The standard InChI is InChI=1S/C22H27N5O.HI/c1-3-28-21-8-5-4-7-19(21)17-25-22(23-2)24-15-13-18-9-11-20(12-10-18)27-16-6-14-26-27;/h4-12,14,16H,3,13,15,17H2,1-2H3,(H2,23,24,25);1H. The van der Waals surface area contributed by atoms with E-state index in [-0.39, 0.29) is 24.0 Å². The fourth-order valence-corrected chi connectivity index (χ4v) is 2.91. The Morgan fingerprint density at radius 1 is 1.07 bits per heavy atom. The van der Waals surface area contributed by atoms with Gasteiger partial charge in [-0.3, -0.25) is 4.99 Å². The van der Waals surface area contributed by atoms with Crippen LogP contribution in [0.2, 0.25) is 0 Å². The molecular formula is C22H28IN5O. The Bertz CT molecular complexity index is 878. The van der Waals surface area contributed by atoms with Crippen molar-refractivity contribution in [2.45, 2.75) is 19.9 Å². The van der Waals surface area contributed by atoms with E-state index in [1.54, 1.807) is 13.2 Å². The Hall–Kier alpha value is -2.55. The summed E-state index contributed by atoms with van der Waals surface area (Å²) in [5.74, 6) is 1.68. The smallest absolute Gasteiger partial charge is 0.191 e. The lowest BCUT2D eigenvalue weighted by molar-refractivity contribution is 0.336. The van der Waals surface area contributed by atoms with Gasteiger partial charge in [-0.05, 0) is 43.2 Å². The van der Waals surface area contributed by atoms with Crippen LogP contribution in [0.25, 0.3) is 5.69 Å². The van der Waals surface area contributed by atoms with Crippen LogP contribution < -0.4 is 15.4 Å². The van der Waals surface area contributed by atoms with Gasteiger partial charge < -0.3 is 15.4 Å². The second-order valence-corrected chi connectivity index (χ2v) is 6.26. The Kier molecular flexibility index (Phi) is 9.49. The van der Waals surface area contributed by atoms with Crippen LogP contribution in [0.1, 0.15) is 18.1 Å². The van der Waals surface area contributed by atoms with Crippen LogP contribution in [0.3, 0.4) is 0 Å². The molecule has 0 unspecified atom stereocenters. The first-order valence-electron chi connectivity index (χ1n) is 9.54. The molecule has 0 fully saturated rings. The number of nitrogens with one attached hydrogen (secondary N) is 2. The van der Waals surface area contributed by atoms with Gasteiger partial charge in [-0.15, -0.1) is 24.0 Å². The molecule has 0 amide bonds. The maximum absolute atomic E-state index is 5.67. The maximum Gasteiger partial charge on any atom is 0.191 e. The molecule has 1 heterocycles. The van der Waals surface area contributed by atoms with Crippen LogP contribution in [-0.4, -0.2) is 35.9 Å². The molecule has 3 aromatic rings. The molecule has 0 saturated heterocycles. The van der Waals surface area contributed by atoms with Crippen molar-refractivity contribution < 1.29 is 4.74 Å². The number of aliphatic imine (C=N–C) groups is 1. The highest BCUT2D eigenvalue weighted by Crippen LogP contribution is 2.17. The number of hydrogen-bond donors (Lipinski definition) is 2. The van der Waals surface area contributed by atoms with E-state index in [1.165, 1.54) is 5.56 Å². The molecule has 0 spiro atoms. The number of guanidine groups is 1. The summed E-state index contributed by atoms with van der Waals surface area (Å²) in [5, 5.41) is 11.0. The van der Waals surface area contributed by atoms with E-state index in [1.807, 2.05) is 42.1 Å². The molecule has 0 aliphatic heterocycles. The van der Waals surface area contributed by atoms with Crippen LogP contribution >= 0.6 is 24.0 Å². The van der Waals surface area contributed by atoms with Crippen LogP contribution in [0.15, 0.2) is 72.0 Å². The third kappa shape index (κ3) is 6.77. The lowest BCUT2D eigenvalue weighted by Gasteiger charge is -2.14. The number of hydrogen-bond acceptors (Lipinski definition) is 3. The molecule has 0 aliphatic rings. The molecule has 6 nitrogen and oxygen atoms in total. The van der Waals surface area contributed by atoms with Crippen molar-refractivity contribution in [2.24, 2.45) is 4.99 Å². The van der Waals surface area contributed by atoms with Gasteiger partial charge >= 0.3 is 0 Å². The average molecular weight is 505 g/mol. The summed E-state index contributed by atoms with van der Waals surface area (Å²) in [4.78, 5) is 4.30. The highest BCUT2D eigenvalue weighted by molar-refractivity contribution is 14.0. The van der Waals surface area contributed by atoms with Crippen LogP contribution in [0, 0.1) is 0 Å². The molecule has 7 heteroatoms. The lowest BCUT2D eigenvalue weighted by atomic mass is 10.1. The highest BCUT2D eigenvalue weighted by Gasteiger charge is 2.04. The fraction of sp³-hybridized carbons (Fsp3) is 0.273. The van der Waals surface area contributed by atoms with Crippen molar-refractivity contribution in [1.82, 2.24) is 20.4 Å². The summed E-state index contributed by atoms with van der Waals surface area (Å²) >= 11 is 0. The Labute approximate surface area is 189 Å². The number of para-hydroxylation sites is 1. The molecule has 3 rings (SSSR count).